The number of hydrogen-bond donors (Lipinski definition) is 0. The molecule has 0 fully saturated rings. The zero-order valence-electron chi connectivity index (χ0n) is 59.9. The third-order valence-corrected chi connectivity index (χ3v) is 21.0. The molecule has 20 rings (SSSR count). The zero-order chi connectivity index (χ0) is 70.5. The Morgan fingerprint density at radius 3 is 0.925 bits per heavy atom. The molecule has 107 heavy (non-hydrogen) atoms. The first-order chi connectivity index (χ1) is 50.1. The van der Waals surface area contributed by atoms with Crippen LogP contribution in [-0.4, -0.2) is 0 Å². The second kappa shape index (κ2) is 29.2. The molecule has 0 aliphatic rings. The number of furan rings is 4. The highest BCUT2D eigenvalue weighted by Gasteiger charge is 2.28. The Morgan fingerprint density at radius 1 is 0.215 bits per heavy atom. The van der Waals surface area contributed by atoms with Crippen LogP contribution in [-0.2, 0) is 28.2 Å². The first-order valence-corrected chi connectivity index (χ1v) is 35.3. The van der Waals surface area contributed by atoms with Crippen molar-refractivity contribution in [1.29, 1.82) is 0 Å². The van der Waals surface area contributed by atoms with E-state index in [0.717, 1.165) is 83.6 Å². The number of aryl methyl sites for hydroxylation is 11. The maximum atomic E-state index is 6.55. The summed E-state index contributed by atoms with van der Waals surface area (Å²) >= 11 is 0. The molecule has 0 amide bonds. The van der Waals surface area contributed by atoms with Crippen LogP contribution in [0.2, 0.25) is 0 Å². The molecule has 8 heteroatoms. The van der Waals surface area contributed by atoms with Gasteiger partial charge in [-0.15, -0.1) is 0 Å². The number of pyridine rings is 4. The summed E-state index contributed by atoms with van der Waals surface area (Å²) in [5.41, 5.74) is 25.8. The van der Waals surface area contributed by atoms with Crippen LogP contribution < -0.4 is 18.3 Å². The Hall–Kier alpha value is -12.5. The van der Waals surface area contributed by atoms with Crippen LogP contribution in [0.4, 0.5) is 0 Å². The fourth-order valence-electron chi connectivity index (χ4n) is 15.8. The monoisotopic (exact) mass is 1400 g/mol. The Bertz CT molecular complexity index is 6840. The van der Waals surface area contributed by atoms with Crippen molar-refractivity contribution in [1.82, 2.24) is 0 Å². The Labute approximate surface area is 626 Å². The lowest BCUT2D eigenvalue weighted by molar-refractivity contribution is -0.659. The van der Waals surface area contributed by atoms with Gasteiger partial charge >= 0.3 is 0 Å². The fraction of sp³-hybridized carbons (Fsp3) is 0.152. The predicted octanol–water partition coefficient (Wildman–Crippen LogP) is 25.6. The molecule has 0 N–H and O–H groups in total. The molecule has 0 spiro atoms. The highest BCUT2D eigenvalue weighted by molar-refractivity contribution is 6.20. The van der Waals surface area contributed by atoms with Crippen LogP contribution >= 0.6 is 0 Å². The maximum absolute atomic E-state index is 6.55. The van der Waals surface area contributed by atoms with Crippen LogP contribution in [0.25, 0.3) is 176 Å². The van der Waals surface area contributed by atoms with Crippen molar-refractivity contribution in [3.63, 3.8) is 0 Å². The van der Waals surface area contributed by atoms with Gasteiger partial charge in [0.25, 0.3) is 22.8 Å². The van der Waals surface area contributed by atoms with E-state index in [0.29, 0.717) is 0 Å². The molecule has 0 radical (unpaired) electrons. The summed E-state index contributed by atoms with van der Waals surface area (Å²) in [6.07, 6.45) is 8.57. The van der Waals surface area contributed by atoms with Crippen LogP contribution in [0, 0.1) is 48.5 Å². The van der Waals surface area contributed by atoms with Crippen LogP contribution in [0.5, 0.6) is 0 Å². The van der Waals surface area contributed by atoms with E-state index in [-0.39, 0.29) is 29.7 Å². The van der Waals surface area contributed by atoms with E-state index in [1.165, 1.54) is 131 Å². The summed E-state index contributed by atoms with van der Waals surface area (Å²) in [5, 5.41) is 18.9. The lowest BCUT2D eigenvalue weighted by Crippen LogP contribution is -2.31. The first kappa shape index (κ1) is 72.8. The van der Waals surface area contributed by atoms with E-state index < -0.39 is 0 Å². The first-order valence-electron chi connectivity index (χ1n) is 35.3. The number of hydrogen-bond acceptors (Lipinski definition) is 4. The molecule has 0 aliphatic carbocycles. The molecule has 0 atom stereocenters. The molecular weight excluding hydrogens is 1310 g/mol. The van der Waals surface area contributed by atoms with E-state index >= 15 is 0 Å². The van der Waals surface area contributed by atoms with Gasteiger partial charge in [-0.2, -0.15) is 18.3 Å². The van der Waals surface area contributed by atoms with Gasteiger partial charge in [0.1, 0.15) is 50.5 Å². The van der Waals surface area contributed by atoms with Crippen LogP contribution in [0.3, 0.4) is 0 Å². The molecule has 8 aromatic heterocycles. The van der Waals surface area contributed by atoms with Gasteiger partial charge in [0.05, 0.1) is 22.3 Å². The van der Waals surface area contributed by atoms with Crippen molar-refractivity contribution in [3.8, 4) is 45.0 Å². The van der Waals surface area contributed by atoms with E-state index in [2.05, 4.69) is 368 Å². The van der Waals surface area contributed by atoms with Crippen molar-refractivity contribution in [2.45, 2.75) is 78.2 Å². The van der Waals surface area contributed by atoms with Gasteiger partial charge in [-0.3, -0.25) is 0 Å². The molecule has 530 valence electrons. The van der Waals surface area contributed by atoms with E-state index in [4.69, 9.17) is 17.7 Å². The van der Waals surface area contributed by atoms with Gasteiger partial charge in [0.15, 0.2) is 24.8 Å². The van der Waals surface area contributed by atoms with E-state index in [9.17, 15) is 0 Å². The van der Waals surface area contributed by atoms with Crippen molar-refractivity contribution in [2.24, 2.45) is 28.2 Å². The Kier molecular flexibility index (Phi) is 19.9. The third kappa shape index (κ3) is 12.5. The molecule has 0 unspecified atom stereocenters. The normalized spacial score (nSPS) is 11.2. The van der Waals surface area contributed by atoms with Crippen molar-refractivity contribution in [3.05, 3.63) is 312 Å². The summed E-state index contributed by atoms with van der Waals surface area (Å²) in [6.45, 7) is 15.0. The lowest BCUT2D eigenvalue weighted by atomic mass is 10.00. The molecule has 0 saturated heterocycles. The minimum atomic E-state index is 0. The minimum Gasteiger partial charge on any atom is -0.448 e. The average Bonchev–Trinajstić information content (AvgIpc) is 1.61. The van der Waals surface area contributed by atoms with Crippen molar-refractivity contribution < 1.29 is 35.9 Å². The summed E-state index contributed by atoms with van der Waals surface area (Å²) in [7, 11) is 8.33. The highest BCUT2D eigenvalue weighted by atomic mass is 16.3. The molecular formula is C99H94N4O4+4. The molecule has 20 aromatic rings. The third-order valence-electron chi connectivity index (χ3n) is 21.0. The topological polar surface area (TPSA) is 68.1 Å². The van der Waals surface area contributed by atoms with Crippen LogP contribution in [0.1, 0.15) is 68.7 Å². The van der Waals surface area contributed by atoms with E-state index in [1.54, 1.807) is 0 Å². The summed E-state index contributed by atoms with van der Waals surface area (Å²) in [4.78, 5) is 0. The van der Waals surface area contributed by atoms with Crippen LogP contribution in [0.15, 0.2) is 291 Å². The van der Waals surface area contributed by atoms with Crippen molar-refractivity contribution in [2.75, 3.05) is 0 Å². The van der Waals surface area contributed by atoms with Gasteiger partial charge in [-0.25, -0.2) is 0 Å². The molecule has 0 bridgehead atoms. The van der Waals surface area contributed by atoms with Gasteiger partial charge in [0, 0.05) is 88.4 Å². The number of benzene rings is 12. The van der Waals surface area contributed by atoms with Gasteiger partial charge < -0.3 is 17.7 Å². The second-order valence-corrected chi connectivity index (χ2v) is 27.9. The number of nitrogens with zero attached hydrogens (tertiary/aromatic N) is 4. The SMILES string of the molecule is C.C.C.C.Cc1ccc(-c2c3oc4c5ccccc5ccc4c3cc[n+]2C)c(C)c1.Cc1ccc2c(ccc3c4cc[n+](C)c(-c5ccccc5C)c4oc23)c1.Cc1ccccc1-c1c2oc3c4ccccc4ccc3c2c(C)c[n+]1C.Cc1ccccc1-c1c2oc3c4ccccc4ccc3c2cc[n+]1C. The number of aromatic nitrogens is 4. The Balaban J connectivity index is 0.000000125. The standard InChI is InChI=1S/3C24H20NO.C23H18NO.4CH4/c1-15-8-4-6-10-18(15)22-24-21(16(2)14-25(22)3)20-13-12-17-9-5-7-11-19(17)23(20)26-24;1-15-8-10-18(16(2)14-15)22-24-21(12-13-25(22)3)20-11-9-17-6-4-5-7-19(17)23(20)26-24;1-15-8-10-19-17(14-15)9-11-20-21-12-13-25(3)22(24(21)26-23(19)20)18-7-5-4-6-16(18)2;1-15-7-3-5-9-17(15)21-23-20(13-14-24(21)2)19-12-11-16-8-4-6-10-18(16)22(19)25-23;;;;/h3*4-14H,1-3H3;3-14H,1-2H3;4*1H4/q4*+1;;;;. The quantitative estimate of drug-likeness (QED) is 0.165. The zero-order valence-corrected chi connectivity index (χ0v) is 59.9. The molecule has 8 nitrogen and oxygen atoms in total. The summed E-state index contributed by atoms with van der Waals surface area (Å²) in [5.74, 6) is 0. The van der Waals surface area contributed by atoms with Gasteiger partial charge in [-0.05, 0) is 141 Å². The Morgan fingerprint density at radius 2 is 0.514 bits per heavy atom. The maximum Gasteiger partial charge on any atom is 0.256 e. The number of rotatable bonds is 4. The predicted molar refractivity (Wildman–Crippen MR) is 451 cm³/mol. The smallest absolute Gasteiger partial charge is 0.256 e. The number of fused-ring (bicyclic) bond motifs is 20. The second-order valence-electron chi connectivity index (χ2n) is 27.9. The molecule has 8 heterocycles. The lowest BCUT2D eigenvalue weighted by Gasteiger charge is -2.06. The molecule has 0 saturated carbocycles. The summed E-state index contributed by atoms with van der Waals surface area (Å²) < 4.78 is 34.7. The van der Waals surface area contributed by atoms with Crippen molar-refractivity contribution >= 4 is 131 Å². The summed E-state index contributed by atoms with van der Waals surface area (Å²) in [6, 6.07) is 87.7. The largest absolute Gasteiger partial charge is 0.448 e. The molecule has 12 aromatic carbocycles. The van der Waals surface area contributed by atoms with Gasteiger partial charge in [0.2, 0.25) is 22.3 Å². The minimum absolute atomic E-state index is 0. The van der Waals surface area contributed by atoms with E-state index in [1.807, 2.05) is 0 Å². The molecule has 0 aliphatic heterocycles. The fourth-order valence-corrected chi connectivity index (χ4v) is 15.8. The highest BCUT2D eigenvalue weighted by Crippen LogP contribution is 2.43. The van der Waals surface area contributed by atoms with Gasteiger partial charge in [-0.1, -0.05) is 223 Å². The average molecular weight is 1400 g/mol.